The van der Waals surface area contributed by atoms with Crippen LogP contribution in [0.25, 0.3) is 0 Å². The van der Waals surface area contributed by atoms with Gasteiger partial charge in [-0.15, -0.1) is 0 Å². The van der Waals surface area contributed by atoms with E-state index in [1.165, 1.54) is 11.3 Å². The minimum atomic E-state index is -4.34. The Morgan fingerprint density at radius 2 is 2.25 bits per heavy atom. The molecule has 0 spiro atoms. The molecule has 2 nitrogen and oxygen atoms in total. The molecule has 1 saturated heterocycles. The zero-order valence-corrected chi connectivity index (χ0v) is 9.03. The molecular weight excluding hydrogens is 241 g/mol. The molecule has 2 rings (SSSR count). The average Bonchev–Trinajstić information content (AvgIpc) is 2.72. The fourth-order valence-corrected chi connectivity index (χ4v) is 2.64. The zero-order chi connectivity index (χ0) is 11.8. The van der Waals surface area contributed by atoms with Gasteiger partial charge >= 0.3 is 12.1 Å². The van der Waals surface area contributed by atoms with Crippen molar-refractivity contribution in [3.8, 4) is 0 Å². The number of thiophene rings is 1. The Morgan fingerprint density at radius 3 is 2.69 bits per heavy atom. The van der Waals surface area contributed by atoms with Crippen molar-refractivity contribution in [3.63, 3.8) is 0 Å². The third kappa shape index (κ3) is 2.21. The summed E-state index contributed by atoms with van der Waals surface area (Å²) in [5.74, 6) is -0.560. The molecule has 0 radical (unpaired) electrons. The monoisotopic (exact) mass is 250 g/mol. The Morgan fingerprint density at radius 1 is 1.50 bits per heavy atom. The highest BCUT2D eigenvalue weighted by Gasteiger charge is 2.50. The molecule has 0 amide bonds. The fourth-order valence-electron chi connectivity index (χ4n) is 1.90. The number of carbonyl (C=O) groups is 1. The van der Waals surface area contributed by atoms with Crippen molar-refractivity contribution in [1.82, 2.24) is 0 Å². The van der Waals surface area contributed by atoms with Crippen LogP contribution in [0.1, 0.15) is 24.8 Å². The van der Waals surface area contributed by atoms with Crippen LogP contribution in [0.5, 0.6) is 0 Å². The topological polar surface area (TPSA) is 26.3 Å². The van der Waals surface area contributed by atoms with Crippen LogP contribution in [-0.4, -0.2) is 12.1 Å². The molecule has 1 aromatic rings. The van der Waals surface area contributed by atoms with Crippen LogP contribution in [0.4, 0.5) is 13.2 Å². The van der Waals surface area contributed by atoms with Gasteiger partial charge < -0.3 is 4.74 Å². The average molecular weight is 250 g/mol. The molecule has 1 aromatic heterocycles. The number of halogens is 3. The molecular formula is C10H9F3O2S. The molecule has 0 aliphatic carbocycles. The van der Waals surface area contributed by atoms with Crippen molar-refractivity contribution >= 4 is 17.3 Å². The Kier molecular flexibility index (Phi) is 2.69. The summed E-state index contributed by atoms with van der Waals surface area (Å²) in [6, 6.07) is 1.58. The Labute approximate surface area is 94.0 Å². The highest BCUT2D eigenvalue weighted by molar-refractivity contribution is 7.08. The summed E-state index contributed by atoms with van der Waals surface area (Å²) in [5.41, 5.74) is -1.05. The Bertz CT molecular complexity index is 385. The third-order valence-electron chi connectivity index (χ3n) is 2.58. The quantitative estimate of drug-likeness (QED) is 0.753. The maximum atomic E-state index is 12.5. The Hall–Kier alpha value is -1.04. The van der Waals surface area contributed by atoms with E-state index in [0.29, 0.717) is 5.56 Å². The lowest BCUT2D eigenvalue weighted by molar-refractivity contribution is -0.187. The van der Waals surface area contributed by atoms with E-state index in [2.05, 4.69) is 0 Å². The van der Waals surface area contributed by atoms with Crippen molar-refractivity contribution in [2.75, 3.05) is 0 Å². The summed E-state index contributed by atoms with van der Waals surface area (Å²) < 4.78 is 42.4. The van der Waals surface area contributed by atoms with Crippen LogP contribution >= 0.6 is 11.3 Å². The van der Waals surface area contributed by atoms with Crippen LogP contribution in [0.3, 0.4) is 0 Å². The highest BCUT2D eigenvalue weighted by atomic mass is 32.1. The number of alkyl halides is 3. The highest BCUT2D eigenvalue weighted by Crippen LogP contribution is 2.45. The van der Waals surface area contributed by atoms with Crippen LogP contribution in [0.2, 0.25) is 0 Å². The SMILES string of the molecule is O=C1CC[C@@](CC(F)(F)F)(c2ccsc2)O1. The van der Waals surface area contributed by atoms with E-state index in [9.17, 15) is 18.0 Å². The number of esters is 1. The second kappa shape index (κ2) is 3.76. The molecule has 0 unspecified atom stereocenters. The second-order valence-electron chi connectivity index (χ2n) is 3.77. The van der Waals surface area contributed by atoms with Gasteiger partial charge in [0, 0.05) is 18.4 Å². The summed E-state index contributed by atoms with van der Waals surface area (Å²) in [7, 11) is 0. The minimum Gasteiger partial charge on any atom is -0.454 e. The van der Waals surface area contributed by atoms with Crippen LogP contribution in [0, 0.1) is 0 Å². The van der Waals surface area contributed by atoms with Gasteiger partial charge in [-0.1, -0.05) is 0 Å². The lowest BCUT2D eigenvalue weighted by atomic mass is 9.89. The van der Waals surface area contributed by atoms with E-state index in [1.807, 2.05) is 0 Å². The van der Waals surface area contributed by atoms with E-state index in [0.717, 1.165) is 0 Å². The first-order chi connectivity index (χ1) is 7.41. The molecule has 1 atom stereocenters. The molecule has 6 heteroatoms. The summed E-state index contributed by atoms with van der Waals surface area (Å²) >= 11 is 1.29. The number of carbonyl (C=O) groups excluding carboxylic acids is 1. The van der Waals surface area contributed by atoms with Crippen molar-refractivity contribution in [2.45, 2.75) is 31.0 Å². The van der Waals surface area contributed by atoms with Crippen molar-refractivity contribution in [3.05, 3.63) is 22.4 Å². The predicted molar refractivity (Wildman–Crippen MR) is 52.0 cm³/mol. The summed E-state index contributed by atoms with van der Waals surface area (Å²) in [6.07, 6.45) is -5.30. The smallest absolute Gasteiger partial charge is 0.393 e. The molecule has 0 N–H and O–H groups in total. The molecule has 2 heterocycles. The van der Waals surface area contributed by atoms with E-state index < -0.39 is 24.2 Å². The van der Waals surface area contributed by atoms with Gasteiger partial charge in [-0.05, 0) is 16.8 Å². The number of hydrogen-bond acceptors (Lipinski definition) is 3. The van der Waals surface area contributed by atoms with Gasteiger partial charge in [-0.3, -0.25) is 4.79 Å². The first-order valence-corrected chi connectivity index (χ1v) is 5.67. The van der Waals surface area contributed by atoms with E-state index in [1.54, 1.807) is 16.8 Å². The molecule has 0 bridgehead atoms. The van der Waals surface area contributed by atoms with Gasteiger partial charge in [0.15, 0.2) is 0 Å². The number of ether oxygens (including phenoxy) is 1. The largest absolute Gasteiger partial charge is 0.454 e. The fraction of sp³-hybridized carbons (Fsp3) is 0.500. The first kappa shape index (κ1) is 11.4. The molecule has 1 aliphatic rings. The van der Waals surface area contributed by atoms with E-state index in [-0.39, 0.29) is 12.8 Å². The number of rotatable bonds is 2. The van der Waals surface area contributed by atoms with E-state index >= 15 is 0 Å². The van der Waals surface area contributed by atoms with Gasteiger partial charge in [0.05, 0.1) is 6.42 Å². The van der Waals surface area contributed by atoms with Crippen LogP contribution in [-0.2, 0) is 15.1 Å². The van der Waals surface area contributed by atoms with Crippen LogP contribution in [0.15, 0.2) is 16.8 Å². The standard InChI is InChI=1S/C10H9F3O2S/c11-10(12,13)6-9(3-1-8(14)15-9)7-2-4-16-5-7/h2,4-5H,1,3,6H2/t9-/m1/s1. The van der Waals surface area contributed by atoms with Gasteiger partial charge in [-0.2, -0.15) is 24.5 Å². The number of cyclic esters (lactones) is 1. The lowest BCUT2D eigenvalue weighted by Crippen LogP contribution is -2.31. The van der Waals surface area contributed by atoms with Gasteiger partial charge in [0.1, 0.15) is 5.60 Å². The predicted octanol–water partition coefficient (Wildman–Crippen LogP) is 3.23. The van der Waals surface area contributed by atoms with Crippen LogP contribution < -0.4 is 0 Å². The summed E-state index contributed by atoms with van der Waals surface area (Å²) in [5, 5.41) is 3.28. The molecule has 16 heavy (non-hydrogen) atoms. The molecule has 88 valence electrons. The lowest BCUT2D eigenvalue weighted by Gasteiger charge is -2.28. The van der Waals surface area contributed by atoms with Gasteiger partial charge in [-0.25, -0.2) is 0 Å². The van der Waals surface area contributed by atoms with Gasteiger partial charge in [0.25, 0.3) is 0 Å². The minimum absolute atomic E-state index is 0.0475. The summed E-state index contributed by atoms with van der Waals surface area (Å²) in [6.45, 7) is 0. The second-order valence-corrected chi connectivity index (χ2v) is 4.55. The maximum absolute atomic E-state index is 12.5. The Balaban J connectivity index is 2.31. The molecule has 1 aliphatic heterocycles. The van der Waals surface area contributed by atoms with Crippen molar-refractivity contribution < 1.29 is 22.7 Å². The van der Waals surface area contributed by atoms with Crippen molar-refractivity contribution in [2.24, 2.45) is 0 Å². The maximum Gasteiger partial charge on any atom is 0.393 e. The molecule has 1 fully saturated rings. The van der Waals surface area contributed by atoms with Crippen molar-refractivity contribution in [1.29, 1.82) is 0 Å². The summed E-state index contributed by atoms with van der Waals surface area (Å²) in [4.78, 5) is 11.1. The zero-order valence-electron chi connectivity index (χ0n) is 8.21. The molecule has 0 saturated carbocycles. The third-order valence-corrected chi connectivity index (χ3v) is 3.26. The molecule has 0 aromatic carbocycles. The normalized spacial score (nSPS) is 25.8. The van der Waals surface area contributed by atoms with E-state index in [4.69, 9.17) is 4.74 Å². The first-order valence-electron chi connectivity index (χ1n) is 4.73. The number of hydrogen-bond donors (Lipinski definition) is 0. The van der Waals surface area contributed by atoms with Gasteiger partial charge in [0.2, 0.25) is 0 Å².